The van der Waals surface area contributed by atoms with Crippen LogP contribution in [0.15, 0.2) is 48.7 Å². The Bertz CT molecular complexity index is 742. The predicted octanol–water partition coefficient (Wildman–Crippen LogP) is 3.77. The molecule has 0 fully saturated rings. The molecule has 3 nitrogen and oxygen atoms in total. The molecule has 0 saturated carbocycles. The molecule has 0 amide bonds. The Kier molecular flexibility index (Phi) is 3.11. The molecule has 0 radical (unpaired) electrons. The zero-order valence-electron chi connectivity index (χ0n) is 11.6. The van der Waals surface area contributed by atoms with Crippen LogP contribution in [-0.4, -0.2) is 9.67 Å². The lowest BCUT2D eigenvalue weighted by Gasteiger charge is -2.06. The Morgan fingerprint density at radius 3 is 2.60 bits per heavy atom. The first-order chi connectivity index (χ1) is 9.65. The monoisotopic (exact) mass is 267 g/mol. The van der Waals surface area contributed by atoms with Crippen LogP contribution in [0, 0.1) is 6.92 Å². The van der Waals surface area contributed by atoms with Crippen LogP contribution in [0.5, 0.6) is 11.5 Å². The maximum Gasteiger partial charge on any atom is 0.125 e. The summed E-state index contributed by atoms with van der Waals surface area (Å²) in [5, 5.41) is 10.9. The molecular weight excluding hydrogens is 250 g/mol. The number of benzene rings is 2. The maximum atomic E-state index is 10.0. The fourth-order valence-corrected chi connectivity index (χ4v) is 2.42. The SMILES string of the molecule is Cc1ccc(OCc2cn(C)c3cccc(O)c23)cc1. The lowest BCUT2D eigenvalue weighted by molar-refractivity contribution is 0.307. The molecule has 0 unspecified atom stereocenters. The Morgan fingerprint density at radius 1 is 1.10 bits per heavy atom. The van der Waals surface area contributed by atoms with Gasteiger partial charge in [0.05, 0.1) is 5.52 Å². The van der Waals surface area contributed by atoms with E-state index in [-0.39, 0.29) is 0 Å². The maximum absolute atomic E-state index is 10.0. The van der Waals surface area contributed by atoms with Gasteiger partial charge in [0.25, 0.3) is 0 Å². The summed E-state index contributed by atoms with van der Waals surface area (Å²) in [5.41, 5.74) is 3.20. The Hall–Kier alpha value is -2.42. The van der Waals surface area contributed by atoms with E-state index in [0.717, 1.165) is 22.2 Å². The number of aryl methyl sites for hydroxylation is 2. The zero-order valence-corrected chi connectivity index (χ0v) is 11.6. The number of aromatic nitrogens is 1. The number of hydrogen-bond acceptors (Lipinski definition) is 2. The Labute approximate surface area is 118 Å². The van der Waals surface area contributed by atoms with Crippen molar-refractivity contribution in [3.63, 3.8) is 0 Å². The molecule has 102 valence electrons. The van der Waals surface area contributed by atoms with Gasteiger partial charge in [0.1, 0.15) is 18.1 Å². The normalized spacial score (nSPS) is 10.9. The molecule has 20 heavy (non-hydrogen) atoms. The van der Waals surface area contributed by atoms with Crippen molar-refractivity contribution in [1.29, 1.82) is 0 Å². The topological polar surface area (TPSA) is 34.4 Å². The molecule has 3 aromatic rings. The van der Waals surface area contributed by atoms with Gasteiger partial charge in [0.2, 0.25) is 0 Å². The largest absolute Gasteiger partial charge is 0.507 e. The van der Waals surface area contributed by atoms with Crippen LogP contribution in [0.4, 0.5) is 0 Å². The average molecular weight is 267 g/mol. The minimum atomic E-state index is 0.297. The van der Waals surface area contributed by atoms with Gasteiger partial charge in [-0.05, 0) is 31.2 Å². The molecule has 0 aliphatic heterocycles. The molecular formula is C17H17NO2. The highest BCUT2D eigenvalue weighted by atomic mass is 16.5. The standard InChI is InChI=1S/C17H17NO2/c1-12-6-8-14(9-7-12)20-11-13-10-18(2)15-4-3-5-16(19)17(13)15/h3-10,19H,11H2,1-2H3. The summed E-state index contributed by atoms with van der Waals surface area (Å²) in [7, 11) is 1.97. The molecule has 1 aromatic heterocycles. The number of ether oxygens (including phenoxy) is 1. The molecule has 0 aliphatic rings. The van der Waals surface area contributed by atoms with Gasteiger partial charge < -0.3 is 14.4 Å². The fourth-order valence-electron chi connectivity index (χ4n) is 2.42. The third kappa shape index (κ3) is 2.23. The van der Waals surface area contributed by atoms with E-state index in [1.807, 2.05) is 61.1 Å². The number of rotatable bonds is 3. The van der Waals surface area contributed by atoms with Gasteiger partial charge >= 0.3 is 0 Å². The van der Waals surface area contributed by atoms with E-state index in [2.05, 4.69) is 0 Å². The lowest BCUT2D eigenvalue weighted by Crippen LogP contribution is -1.94. The summed E-state index contributed by atoms with van der Waals surface area (Å²) in [6.45, 7) is 2.49. The highest BCUT2D eigenvalue weighted by Crippen LogP contribution is 2.30. The van der Waals surface area contributed by atoms with Crippen LogP contribution in [-0.2, 0) is 13.7 Å². The van der Waals surface area contributed by atoms with Crippen molar-refractivity contribution < 1.29 is 9.84 Å². The molecule has 0 bridgehead atoms. The average Bonchev–Trinajstić information content (AvgIpc) is 2.77. The zero-order chi connectivity index (χ0) is 14.1. The van der Waals surface area contributed by atoms with Crippen LogP contribution >= 0.6 is 0 Å². The third-order valence-electron chi connectivity index (χ3n) is 3.49. The summed E-state index contributed by atoms with van der Waals surface area (Å²) < 4.78 is 7.80. The van der Waals surface area contributed by atoms with Crippen LogP contribution < -0.4 is 4.74 Å². The van der Waals surface area contributed by atoms with Crippen molar-refractivity contribution >= 4 is 10.9 Å². The Balaban J connectivity index is 1.89. The number of phenols is 1. The number of hydrogen-bond donors (Lipinski definition) is 1. The van der Waals surface area contributed by atoms with E-state index in [1.165, 1.54) is 5.56 Å². The predicted molar refractivity (Wildman–Crippen MR) is 80.1 cm³/mol. The number of aromatic hydroxyl groups is 1. The third-order valence-corrected chi connectivity index (χ3v) is 3.49. The Morgan fingerprint density at radius 2 is 1.85 bits per heavy atom. The molecule has 2 aromatic carbocycles. The number of fused-ring (bicyclic) bond motifs is 1. The van der Waals surface area contributed by atoms with E-state index in [1.54, 1.807) is 6.07 Å². The van der Waals surface area contributed by atoms with Gasteiger partial charge in [-0.1, -0.05) is 23.8 Å². The number of nitrogens with zero attached hydrogens (tertiary/aromatic N) is 1. The van der Waals surface area contributed by atoms with Crippen molar-refractivity contribution in [3.05, 3.63) is 59.8 Å². The lowest BCUT2D eigenvalue weighted by atomic mass is 10.1. The number of phenolic OH excluding ortho intramolecular Hbond substituents is 1. The first-order valence-electron chi connectivity index (χ1n) is 6.60. The first kappa shape index (κ1) is 12.6. The molecule has 3 rings (SSSR count). The van der Waals surface area contributed by atoms with E-state index >= 15 is 0 Å². The summed E-state index contributed by atoms with van der Waals surface area (Å²) >= 11 is 0. The highest BCUT2D eigenvalue weighted by Gasteiger charge is 2.10. The van der Waals surface area contributed by atoms with Crippen molar-refractivity contribution in [3.8, 4) is 11.5 Å². The van der Waals surface area contributed by atoms with Crippen LogP contribution in [0.1, 0.15) is 11.1 Å². The summed E-state index contributed by atoms with van der Waals surface area (Å²) in [6.07, 6.45) is 2.00. The molecule has 3 heteroatoms. The van der Waals surface area contributed by atoms with Gasteiger partial charge in [-0.25, -0.2) is 0 Å². The van der Waals surface area contributed by atoms with Gasteiger partial charge in [0, 0.05) is 24.2 Å². The van der Waals surface area contributed by atoms with E-state index in [4.69, 9.17) is 4.74 Å². The summed E-state index contributed by atoms with van der Waals surface area (Å²) in [5.74, 6) is 1.13. The fraction of sp³-hybridized carbons (Fsp3) is 0.176. The minimum Gasteiger partial charge on any atom is -0.507 e. The van der Waals surface area contributed by atoms with Crippen LogP contribution in [0.25, 0.3) is 10.9 Å². The van der Waals surface area contributed by atoms with Gasteiger partial charge in [-0.3, -0.25) is 0 Å². The highest BCUT2D eigenvalue weighted by molar-refractivity contribution is 5.89. The van der Waals surface area contributed by atoms with E-state index in [9.17, 15) is 5.11 Å². The van der Waals surface area contributed by atoms with Crippen LogP contribution in [0.2, 0.25) is 0 Å². The second kappa shape index (κ2) is 4.93. The van der Waals surface area contributed by atoms with Gasteiger partial charge in [-0.2, -0.15) is 0 Å². The smallest absolute Gasteiger partial charge is 0.125 e. The molecule has 1 N–H and O–H groups in total. The molecule has 0 atom stereocenters. The molecule has 1 heterocycles. The van der Waals surface area contributed by atoms with Crippen molar-refractivity contribution in [2.75, 3.05) is 0 Å². The second-order valence-corrected chi connectivity index (χ2v) is 5.04. The first-order valence-corrected chi connectivity index (χ1v) is 6.60. The molecule has 0 saturated heterocycles. The van der Waals surface area contributed by atoms with Crippen molar-refractivity contribution in [2.45, 2.75) is 13.5 Å². The molecule has 0 aliphatic carbocycles. The molecule has 0 spiro atoms. The van der Waals surface area contributed by atoms with Crippen molar-refractivity contribution in [1.82, 2.24) is 4.57 Å². The van der Waals surface area contributed by atoms with E-state index in [0.29, 0.717) is 12.4 Å². The van der Waals surface area contributed by atoms with Gasteiger partial charge in [0.15, 0.2) is 0 Å². The second-order valence-electron chi connectivity index (χ2n) is 5.04. The minimum absolute atomic E-state index is 0.297. The van der Waals surface area contributed by atoms with Gasteiger partial charge in [-0.15, -0.1) is 0 Å². The van der Waals surface area contributed by atoms with Crippen LogP contribution in [0.3, 0.4) is 0 Å². The quantitative estimate of drug-likeness (QED) is 0.783. The van der Waals surface area contributed by atoms with E-state index < -0.39 is 0 Å². The van der Waals surface area contributed by atoms with Crippen molar-refractivity contribution in [2.24, 2.45) is 7.05 Å². The summed E-state index contributed by atoms with van der Waals surface area (Å²) in [6, 6.07) is 13.5. The summed E-state index contributed by atoms with van der Waals surface area (Å²) in [4.78, 5) is 0.